The van der Waals surface area contributed by atoms with E-state index in [9.17, 15) is 9.59 Å². The number of hydrogen-bond acceptors (Lipinski definition) is 4. The van der Waals surface area contributed by atoms with Crippen LogP contribution < -0.4 is 15.0 Å². The number of para-hydroxylation sites is 2. The molecule has 7 nitrogen and oxygen atoms in total. The van der Waals surface area contributed by atoms with Crippen LogP contribution in [0.3, 0.4) is 0 Å². The molecule has 3 aromatic rings. The van der Waals surface area contributed by atoms with Gasteiger partial charge in [0, 0.05) is 18.5 Å². The predicted molar refractivity (Wildman–Crippen MR) is 110 cm³/mol. The Bertz CT molecular complexity index is 1070. The molecule has 2 heterocycles. The zero-order valence-corrected chi connectivity index (χ0v) is 16.3. The van der Waals surface area contributed by atoms with Gasteiger partial charge in [0.25, 0.3) is 5.91 Å². The van der Waals surface area contributed by atoms with E-state index in [2.05, 4.69) is 5.32 Å². The van der Waals surface area contributed by atoms with Crippen LogP contribution >= 0.6 is 11.6 Å². The number of rotatable bonds is 5. The van der Waals surface area contributed by atoms with E-state index in [1.165, 1.54) is 12.0 Å². The van der Waals surface area contributed by atoms with Crippen molar-refractivity contribution in [3.63, 3.8) is 0 Å². The second kappa shape index (κ2) is 7.89. The van der Waals surface area contributed by atoms with Gasteiger partial charge in [-0.05, 0) is 30.3 Å². The molecule has 1 aliphatic heterocycles. The van der Waals surface area contributed by atoms with Gasteiger partial charge in [-0.1, -0.05) is 23.7 Å². The molecule has 0 bridgehead atoms. The second-order valence-electron chi connectivity index (χ2n) is 6.33. The molecular weight excluding hydrogens is 394 g/mol. The molecule has 0 atom stereocenters. The Kier molecular flexibility index (Phi) is 5.14. The molecule has 8 heteroatoms. The molecule has 1 aliphatic rings. The van der Waals surface area contributed by atoms with Crippen LogP contribution in [0.4, 0.5) is 16.2 Å². The van der Waals surface area contributed by atoms with Crippen LogP contribution in [0.2, 0.25) is 5.02 Å². The Morgan fingerprint density at radius 2 is 1.90 bits per heavy atom. The fraction of sp³-hybridized carbons (Fsp3) is 0.143. The molecule has 0 saturated carbocycles. The van der Waals surface area contributed by atoms with Gasteiger partial charge < -0.3 is 19.4 Å². The molecular formula is C21H18ClN3O4. The molecule has 1 aromatic heterocycles. The lowest BCUT2D eigenvalue weighted by Gasteiger charge is -2.18. The van der Waals surface area contributed by atoms with E-state index < -0.39 is 12.0 Å². The van der Waals surface area contributed by atoms with Crippen LogP contribution in [0, 0.1) is 0 Å². The third-order valence-electron chi connectivity index (χ3n) is 4.60. The third kappa shape index (κ3) is 3.64. The summed E-state index contributed by atoms with van der Waals surface area (Å²) in [4.78, 5) is 26.4. The largest absolute Gasteiger partial charge is 0.496 e. The number of amides is 2. The number of halogens is 1. The molecule has 0 radical (unpaired) electrons. The van der Waals surface area contributed by atoms with Crippen molar-refractivity contribution in [3.8, 4) is 11.4 Å². The summed E-state index contributed by atoms with van der Waals surface area (Å²) >= 11 is 6.43. The minimum atomic E-state index is -0.441. The summed E-state index contributed by atoms with van der Waals surface area (Å²) in [5.74, 6) is -0.0171. The Balaban J connectivity index is 1.66. The van der Waals surface area contributed by atoms with E-state index in [0.29, 0.717) is 41.0 Å². The molecule has 1 saturated heterocycles. The lowest BCUT2D eigenvalue weighted by atomic mass is 10.1. The number of aromatic nitrogens is 1. The third-order valence-corrected chi connectivity index (χ3v) is 4.90. The van der Waals surface area contributed by atoms with E-state index in [-0.39, 0.29) is 5.56 Å². The normalized spacial score (nSPS) is 13.3. The number of nitrogens with zero attached hydrogens (tertiary/aromatic N) is 2. The SMILES string of the molecule is COc1cc(-n2cccc2)c(Cl)cc1C(=O)Nc1ccccc1N1CCOC1=O. The van der Waals surface area contributed by atoms with Gasteiger partial charge in [-0.15, -0.1) is 0 Å². The monoisotopic (exact) mass is 411 g/mol. The first-order chi connectivity index (χ1) is 14.1. The van der Waals surface area contributed by atoms with E-state index in [1.54, 1.807) is 36.4 Å². The zero-order chi connectivity index (χ0) is 20.4. The first kappa shape index (κ1) is 18.9. The Hall–Kier alpha value is -3.45. The molecule has 4 rings (SSSR count). The number of carbonyl (C=O) groups excluding carboxylic acids is 2. The molecule has 0 unspecified atom stereocenters. The van der Waals surface area contributed by atoms with Crippen LogP contribution in [0.15, 0.2) is 60.9 Å². The molecule has 0 aliphatic carbocycles. The number of anilines is 2. The van der Waals surface area contributed by atoms with Crippen LogP contribution in [-0.4, -0.2) is 36.8 Å². The van der Waals surface area contributed by atoms with Gasteiger partial charge in [0.15, 0.2) is 0 Å². The van der Waals surface area contributed by atoms with Crippen LogP contribution in [-0.2, 0) is 4.74 Å². The molecule has 148 valence electrons. The van der Waals surface area contributed by atoms with Crippen molar-refractivity contribution in [1.82, 2.24) is 4.57 Å². The highest BCUT2D eigenvalue weighted by molar-refractivity contribution is 6.33. The maximum atomic E-state index is 13.0. The number of ether oxygens (including phenoxy) is 2. The highest BCUT2D eigenvalue weighted by atomic mass is 35.5. The van der Waals surface area contributed by atoms with Crippen molar-refractivity contribution in [1.29, 1.82) is 0 Å². The molecule has 0 spiro atoms. The second-order valence-corrected chi connectivity index (χ2v) is 6.74. The van der Waals surface area contributed by atoms with Crippen LogP contribution in [0.25, 0.3) is 5.69 Å². The van der Waals surface area contributed by atoms with Crippen molar-refractivity contribution in [2.24, 2.45) is 0 Å². The van der Waals surface area contributed by atoms with Gasteiger partial charge in [0.2, 0.25) is 0 Å². The summed E-state index contributed by atoms with van der Waals surface area (Å²) in [6.07, 6.45) is 3.26. The topological polar surface area (TPSA) is 72.8 Å². The number of methoxy groups -OCH3 is 1. The lowest BCUT2D eigenvalue weighted by molar-refractivity contribution is 0.102. The minimum Gasteiger partial charge on any atom is -0.496 e. The van der Waals surface area contributed by atoms with Gasteiger partial charge in [-0.2, -0.15) is 0 Å². The van der Waals surface area contributed by atoms with Gasteiger partial charge in [0.05, 0.1) is 41.3 Å². The fourth-order valence-electron chi connectivity index (χ4n) is 3.20. The summed E-state index contributed by atoms with van der Waals surface area (Å²) in [5, 5.41) is 3.25. The number of cyclic esters (lactones) is 1. The minimum absolute atomic E-state index is 0.284. The van der Waals surface area contributed by atoms with Crippen LogP contribution in [0.1, 0.15) is 10.4 Å². The van der Waals surface area contributed by atoms with Gasteiger partial charge in [-0.25, -0.2) is 4.79 Å². The quantitative estimate of drug-likeness (QED) is 0.677. The summed E-state index contributed by atoms with van der Waals surface area (Å²) < 4.78 is 12.3. The summed E-state index contributed by atoms with van der Waals surface area (Å²) in [6.45, 7) is 0.734. The van der Waals surface area contributed by atoms with Crippen molar-refractivity contribution in [3.05, 3.63) is 71.5 Å². The fourth-order valence-corrected chi connectivity index (χ4v) is 3.46. The summed E-state index contributed by atoms with van der Waals surface area (Å²) in [6, 6.07) is 14.1. The molecule has 2 amide bonds. The predicted octanol–water partition coefficient (Wildman–Crippen LogP) is 4.35. The van der Waals surface area contributed by atoms with E-state index in [0.717, 1.165) is 0 Å². The number of benzene rings is 2. The number of nitrogens with one attached hydrogen (secondary N) is 1. The van der Waals surface area contributed by atoms with Gasteiger partial charge in [-0.3, -0.25) is 9.69 Å². The Labute approximate surface area is 172 Å². The standard InChI is InChI=1S/C21H18ClN3O4/c1-28-19-13-18(24-8-4-5-9-24)15(22)12-14(19)20(26)23-16-6-2-3-7-17(16)25-10-11-29-21(25)27/h2-9,12-13H,10-11H2,1H3,(H,23,26). The van der Waals surface area contributed by atoms with Gasteiger partial charge >= 0.3 is 6.09 Å². The van der Waals surface area contributed by atoms with Crippen molar-refractivity contribution < 1.29 is 19.1 Å². The van der Waals surface area contributed by atoms with E-state index in [4.69, 9.17) is 21.1 Å². The lowest BCUT2D eigenvalue weighted by Crippen LogP contribution is -2.25. The van der Waals surface area contributed by atoms with Gasteiger partial charge in [0.1, 0.15) is 12.4 Å². The molecule has 1 fully saturated rings. The van der Waals surface area contributed by atoms with Crippen molar-refractivity contribution in [2.75, 3.05) is 30.5 Å². The molecule has 29 heavy (non-hydrogen) atoms. The summed E-state index contributed by atoms with van der Waals surface area (Å²) in [7, 11) is 1.49. The van der Waals surface area contributed by atoms with E-state index in [1.807, 2.05) is 29.1 Å². The van der Waals surface area contributed by atoms with Crippen LogP contribution in [0.5, 0.6) is 5.75 Å². The summed E-state index contributed by atoms with van der Waals surface area (Å²) in [5.41, 5.74) is 2.04. The molecule has 2 aromatic carbocycles. The number of carbonyl (C=O) groups is 2. The van der Waals surface area contributed by atoms with Crippen molar-refractivity contribution in [2.45, 2.75) is 0 Å². The Morgan fingerprint density at radius 1 is 1.14 bits per heavy atom. The van der Waals surface area contributed by atoms with Crippen molar-refractivity contribution >= 4 is 35.0 Å². The van der Waals surface area contributed by atoms with E-state index >= 15 is 0 Å². The molecule has 1 N–H and O–H groups in total. The average molecular weight is 412 g/mol. The number of hydrogen-bond donors (Lipinski definition) is 1. The smallest absolute Gasteiger partial charge is 0.414 e. The highest BCUT2D eigenvalue weighted by Crippen LogP contribution is 2.32. The average Bonchev–Trinajstić information content (AvgIpc) is 3.40. The maximum Gasteiger partial charge on any atom is 0.414 e. The Morgan fingerprint density at radius 3 is 2.59 bits per heavy atom. The first-order valence-corrected chi connectivity index (χ1v) is 9.32. The maximum absolute atomic E-state index is 13.0. The first-order valence-electron chi connectivity index (χ1n) is 8.94. The zero-order valence-electron chi connectivity index (χ0n) is 15.6. The highest BCUT2D eigenvalue weighted by Gasteiger charge is 2.26.